The van der Waals surface area contributed by atoms with Crippen LogP contribution in [-0.2, 0) is 9.53 Å². The molecule has 1 aliphatic carbocycles. The van der Waals surface area contributed by atoms with Gasteiger partial charge in [0.2, 0.25) is 0 Å². The minimum absolute atomic E-state index is 0.170. The third-order valence-electron chi connectivity index (χ3n) is 4.90. The molecule has 4 nitrogen and oxygen atoms in total. The summed E-state index contributed by atoms with van der Waals surface area (Å²) in [6, 6.07) is 8.70. The quantitative estimate of drug-likeness (QED) is 0.914. The SMILES string of the molecule is CC(C)(C)OCC1=Cc2ccccc2C1N1CCC(C(=O)O)CC1. The van der Waals surface area contributed by atoms with Crippen molar-refractivity contribution in [3.8, 4) is 0 Å². The molecule has 4 heteroatoms. The summed E-state index contributed by atoms with van der Waals surface area (Å²) >= 11 is 0. The molecule has 24 heavy (non-hydrogen) atoms. The van der Waals surface area contributed by atoms with Crippen LogP contribution in [0.4, 0.5) is 0 Å². The molecular weight excluding hydrogens is 302 g/mol. The number of likely N-dealkylation sites (tertiary alicyclic amines) is 1. The van der Waals surface area contributed by atoms with Crippen LogP contribution >= 0.6 is 0 Å². The van der Waals surface area contributed by atoms with Crippen LogP contribution in [-0.4, -0.2) is 41.3 Å². The summed E-state index contributed by atoms with van der Waals surface area (Å²) in [5, 5.41) is 9.22. The van der Waals surface area contributed by atoms with Crippen LogP contribution < -0.4 is 0 Å². The Bertz CT molecular complexity index is 637. The summed E-state index contributed by atoms with van der Waals surface area (Å²) in [6.07, 6.45) is 3.69. The number of ether oxygens (including phenoxy) is 1. The Morgan fingerprint density at radius 2 is 1.92 bits per heavy atom. The lowest BCUT2D eigenvalue weighted by atomic mass is 9.93. The van der Waals surface area contributed by atoms with Crippen LogP contribution in [0.15, 0.2) is 29.8 Å². The van der Waals surface area contributed by atoms with E-state index >= 15 is 0 Å². The lowest BCUT2D eigenvalue weighted by Crippen LogP contribution is -2.39. The zero-order valence-corrected chi connectivity index (χ0v) is 14.8. The molecule has 0 spiro atoms. The number of aliphatic carboxylic acids is 1. The molecule has 1 fully saturated rings. The van der Waals surface area contributed by atoms with Crippen molar-refractivity contribution in [1.82, 2.24) is 4.90 Å². The first-order valence-corrected chi connectivity index (χ1v) is 8.75. The number of carboxylic acid groups (broad SMARTS) is 1. The van der Waals surface area contributed by atoms with E-state index in [1.54, 1.807) is 0 Å². The van der Waals surface area contributed by atoms with Crippen molar-refractivity contribution < 1.29 is 14.6 Å². The number of rotatable bonds is 4. The van der Waals surface area contributed by atoms with Gasteiger partial charge in [-0.1, -0.05) is 30.3 Å². The topological polar surface area (TPSA) is 49.8 Å². The molecule has 1 N–H and O–H groups in total. The Kier molecular flexibility index (Phi) is 4.79. The van der Waals surface area contributed by atoms with Gasteiger partial charge in [-0.15, -0.1) is 0 Å². The van der Waals surface area contributed by atoms with E-state index in [0.717, 1.165) is 25.9 Å². The summed E-state index contributed by atoms with van der Waals surface area (Å²) in [5.74, 6) is -0.857. The van der Waals surface area contributed by atoms with Gasteiger partial charge in [-0.05, 0) is 63.4 Å². The molecule has 3 rings (SSSR count). The van der Waals surface area contributed by atoms with E-state index in [2.05, 4.69) is 56.0 Å². The highest BCUT2D eigenvalue weighted by molar-refractivity contribution is 5.70. The summed E-state index contributed by atoms with van der Waals surface area (Å²) < 4.78 is 6.04. The number of carbonyl (C=O) groups is 1. The second-order valence-corrected chi connectivity index (χ2v) is 7.80. The molecule has 1 aromatic carbocycles. The van der Waals surface area contributed by atoms with Crippen LogP contribution in [0.25, 0.3) is 6.08 Å². The number of fused-ring (bicyclic) bond motifs is 1. The molecule has 2 aliphatic rings. The van der Waals surface area contributed by atoms with Gasteiger partial charge in [0.1, 0.15) is 0 Å². The van der Waals surface area contributed by atoms with Crippen LogP contribution in [0.3, 0.4) is 0 Å². The minimum Gasteiger partial charge on any atom is -0.481 e. The normalized spacial score (nSPS) is 22.3. The van der Waals surface area contributed by atoms with E-state index in [1.165, 1.54) is 16.7 Å². The molecule has 1 heterocycles. The first-order valence-electron chi connectivity index (χ1n) is 8.75. The lowest BCUT2D eigenvalue weighted by Gasteiger charge is -2.37. The van der Waals surface area contributed by atoms with Gasteiger partial charge in [-0.2, -0.15) is 0 Å². The molecule has 0 saturated carbocycles. The van der Waals surface area contributed by atoms with Gasteiger partial charge in [0.25, 0.3) is 0 Å². The highest BCUT2D eigenvalue weighted by Gasteiger charge is 2.34. The van der Waals surface area contributed by atoms with Gasteiger partial charge in [-0.3, -0.25) is 9.69 Å². The Balaban J connectivity index is 1.78. The molecule has 1 saturated heterocycles. The van der Waals surface area contributed by atoms with Crippen molar-refractivity contribution in [2.75, 3.05) is 19.7 Å². The zero-order valence-electron chi connectivity index (χ0n) is 14.8. The molecule has 1 unspecified atom stereocenters. The second-order valence-electron chi connectivity index (χ2n) is 7.80. The summed E-state index contributed by atoms with van der Waals surface area (Å²) in [7, 11) is 0. The number of hydrogen-bond acceptors (Lipinski definition) is 3. The fourth-order valence-electron chi connectivity index (χ4n) is 3.63. The molecule has 0 amide bonds. The Labute approximate surface area is 144 Å². The van der Waals surface area contributed by atoms with Crippen molar-refractivity contribution in [2.45, 2.75) is 45.3 Å². The molecule has 1 aromatic rings. The summed E-state index contributed by atoms with van der Waals surface area (Å²) in [4.78, 5) is 13.6. The van der Waals surface area contributed by atoms with E-state index in [-0.39, 0.29) is 17.6 Å². The van der Waals surface area contributed by atoms with Gasteiger partial charge in [0.15, 0.2) is 0 Å². The number of piperidine rings is 1. The maximum Gasteiger partial charge on any atom is 0.306 e. The first-order chi connectivity index (χ1) is 11.3. The van der Waals surface area contributed by atoms with E-state index in [0.29, 0.717) is 6.61 Å². The summed E-state index contributed by atoms with van der Waals surface area (Å²) in [5.41, 5.74) is 3.69. The lowest BCUT2D eigenvalue weighted by molar-refractivity contribution is -0.143. The van der Waals surface area contributed by atoms with Crippen molar-refractivity contribution in [3.63, 3.8) is 0 Å². The van der Waals surface area contributed by atoms with E-state index in [1.807, 2.05) is 0 Å². The van der Waals surface area contributed by atoms with Crippen LogP contribution in [0.2, 0.25) is 0 Å². The van der Waals surface area contributed by atoms with Crippen molar-refractivity contribution in [3.05, 3.63) is 41.0 Å². The zero-order chi connectivity index (χ0) is 17.3. The van der Waals surface area contributed by atoms with Gasteiger partial charge in [0.05, 0.1) is 24.2 Å². The van der Waals surface area contributed by atoms with Gasteiger partial charge < -0.3 is 9.84 Å². The maximum absolute atomic E-state index is 11.2. The van der Waals surface area contributed by atoms with E-state index in [9.17, 15) is 9.90 Å². The smallest absolute Gasteiger partial charge is 0.306 e. The van der Waals surface area contributed by atoms with E-state index < -0.39 is 5.97 Å². The van der Waals surface area contributed by atoms with Gasteiger partial charge in [0, 0.05) is 0 Å². The fourth-order valence-corrected chi connectivity index (χ4v) is 3.63. The standard InChI is InChI=1S/C20H27NO3/c1-20(2,3)24-13-16-12-15-6-4-5-7-17(15)18(16)21-10-8-14(9-11-21)19(22)23/h4-7,12,14,18H,8-11,13H2,1-3H3,(H,22,23). The Morgan fingerprint density at radius 3 is 2.54 bits per heavy atom. The van der Waals surface area contributed by atoms with Crippen LogP contribution in [0.5, 0.6) is 0 Å². The molecule has 1 atom stereocenters. The number of nitrogens with zero attached hydrogens (tertiary/aromatic N) is 1. The fraction of sp³-hybridized carbons (Fsp3) is 0.550. The average molecular weight is 329 g/mol. The Hall–Kier alpha value is -1.65. The predicted octanol–water partition coefficient (Wildman–Crippen LogP) is 3.74. The average Bonchev–Trinajstić information content (AvgIpc) is 2.91. The molecule has 130 valence electrons. The highest BCUT2D eigenvalue weighted by atomic mass is 16.5. The molecule has 0 aromatic heterocycles. The van der Waals surface area contributed by atoms with Crippen molar-refractivity contribution in [2.24, 2.45) is 5.92 Å². The van der Waals surface area contributed by atoms with Crippen LogP contribution in [0.1, 0.15) is 50.8 Å². The molecule has 0 bridgehead atoms. The van der Waals surface area contributed by atoms with Crippen molar-refractivity contribution >= 4 is 12.0 Å². The highest BCUT2D eigenvalue weighted by Crippen LogP contribution is 2.40. The van der Waals surface area contributed by atoms with Gasteiger partial charge in [-0.25, -0.2) is 0 Å². The minimum atomic E-state index is -0.659. The number of benzene rings is 1. The molecular formula is C20H27NO3. The maximum atomic E-state index is 11.2. The molecule has 0 radical (unpaired) electrons. The van der Waals surface area contributed by atoms with Gasteiger partial charge >= 0.3 is 5.97 Å². The van der Waals surface area contributed by atoms with Crippen molar-refractivity contribution in [1.29, 1.82) is 0 Å². The largest absolute Gasteiger partial charge is 0.481 e. The molecule has 1 aliphatic heterocycles. The number of carboxylic acids is 1. The van der Waals surface area contributed by atoms with E-state index in [4.69, 9.17) is 4.74 Å². The first kappa shape index (κ1) is 17.2. The third-order valence-corrected chi connectivity index (χ3v) is 4.90. The Morgan fingerprint density at radius 1 is 1.25 bits per heavy atom. The third kappa shape index (κ3) is 3.70. The van der Waals surface area contributed by atoms with Crippen LogP contribution in [0, 0.1) is 5.92 Å². The summed E-state index contributed by atoms with van der Waals surface area (Å²) in [6.45, 7) is 8.47. The predicted molar refractivity (Wildman–Crippen MR) is 94.8 cm³/mol. The number of hydrogen-bond donors (Lipinski definition) is 1. The monoisotopic (exact) mass is 329 g/mol. The second kappa shape index (κ2) is 6.69.